The maximum absolute atomic E-state index is 15.2. The number of alkyl halides is 2. The Bertz CT molecular complexity index is 1300. The highest BCUT2D eigenvalue weighted by Gasteiger charge is 2.60. The summed E-state index contributed by atoms with van der Waals surface area (Å²) in [4.78, 5) is 34.9. The van der Waals surface area contributed by atoms with E-state index >= 15 is 8.78 Å². The van der Waals surface area contributed by atoms with Gasteiger partial charge < -0.3 is 15.2 Å². The number of carbonyl (C=O) groups excluding carboxylic acids is 1. The fourth-order valence-corrected chi connectivity index (χ4v) is 6.07. The molecule has 4 rings (SSSR count). The largest absolute Gasteiger partial charge is 0.481 e. The summed E-state index contributed by atoms with van der Waals surface area (Å²) in [5, 5.41) is 14.6. The summed E-state index contributed by atoms with van der Waals surface area (Å²) < 4.78 is 49.6. The lowest BCUT2D eigenvalue weighted by Gasteiger charge is -2.35. The number of hydrogen-bond acceptors (Lipinski definition) is 8. The van der Waals surface area contributed by atoms with E-state index in [4.69, 9.17) is 9.73 Å². The molecule has 0 radical (unpaired) electrons. The van der Waals surface area contributed by atoms with E-state index in [2.05, 4.69) is 26.2 Å². The SMILES string of the molecule is COC(=O)C1=C(CN2CC(F)(F)C(C)(C)[C@@H]2CCC(=O)O)NC(c2nccs2)=N[C@H]1c1ccc(F)cc1Br. The van der Waals surface area contributed by atoms with Gasteiger partial charge in [0.1, 0.15) is 11.9 Å². The smallest absolute Gasteiger partial charge is 0.338 e. The predicted molar refractivity (Wildman–Crippen MR) is 139 cm³/mol. The van der Waals surface area contributed by atoms with Crippen molar-refractivity contribution in [2.24, 2.45) is 10.4 Å². The number of esters is 1. The molecule has 38 heavy (non-hydrogen) atoms. The minimum atomic E-state index is -3.11. The molecule has 204 valence electrons. The van der Waals surface area contributed by atoms with Gasteiger partial charge in [0.2, 0.25) is 0 Å². The van der Waals surface area contributed by atoms with Crippen molar-refractivity contribution in [2.45, 2.75) is 44.7 Å². The van der Waals surface area contributed by atoms with Gasteiger partial charge in [-0.25, -0.2) is 22.9 Å². The highest BCUT2D eigenvalue weighted by atomic mass is 79.9. The number of methoxy groups -OCH3 is 1. The number of halogens is 4. The van der Waals surface area contributed by atoms with Gasteiger partial charge in [0.15, 0.2) is 10.8 Å². The molecule has 2 N–H and O–H groups in total. The molecule has 0 unspecified atom stereocenters. The van der Waals surface area contributed by atoms with Gasteiger partial charge in [0, 0.05) is 46.2 Å². The first-order valence-corrected chi connectivity index (χ1v) is 13.4. The number of aliphatic carboxylic acids is 1. The number of carbonyl (C=O) groups is 2. The molecule has 1 fully saturated rings. The number of hydrogen-bond donors (Lipinski definition) is 2. The molecule has 0 bridgehead atoms. The Hall–Kier alpha value is -2.77. The Morgan fingerprint density at radius 1 is 1.34 bits per heavy atom. The van der Waals surface area contributed by atoms with Crippen LogP contribution < -0.4 is 5.32 Å². The van der Waals surface area contributed by atoms with Crippen LogP contribution in [0, 0.1) is 11.2 Å². The van der Waals surface area contributed by atoms with Crippen LogP contribution in [-0.2, 0) is 14.3 Å². The molecule has 1 saturated heterocycles. The second-order valence-corrected chi connectivity index (χ2v) is 11.4. The zero-order chi connectivity index (χ0) is 27.8. The molecule has 0 aliphatic carbocycles. The van der Waals surface area contributed by atoms with Gasteiger partial charge in [-0.1, -0.05) is 35.8 Å². The van der Waals surface area contributed by atoms with Crippen LogP contribution in [0.4, 0.5) is 13.2 Å². The van der Waals surface area contributed by atoms with E-state index < -0.39 is 47.7 Å². The number of amidine groups is 1. The normalized spacial score (nSPS) is 22.7. The van der Waals surface area contributed by atoms with E-state index in [0.717, 1.165) is 0 Å². The van der Waals surface area contributed by atoms with Crippen LogP contribution in [0.25, 0.3) is 0 Å². The molecule has 2 atom stereocenters. The van der Waals surface area contributed by atoms with Crippen LogP contribution in [0.2, 0.25) is 0 Å². The Morgan fingerprint density at radius 3 is 2.68 bits per heavy atom. The van der Waals surface area contributed by atoms with E-state index in [1.165, 1.54) is 55.4 Å². The lowest BCUT2D eigenvalue weighted by Crippen LogP contribution is -2.44. The van der Waals surface area contributed by atoms with Crippen LogP contribution in [0.1, 0.15) is 43.3 Å². The number of rotatable bonds is 8. The molecule has 0 saturated carbocycles. The van der Waals surface area contributed by atoms with E-state index in [0.29, 0.717) is 20.9 Å². The summed E-state index contributed by atoms with van der Waals surface area (Å²) in [6.45, 7) is 2.08. The molecule has 8 nitrogen and oxygen atoms in total. The molecule has 1 aromatic carbocycles. The van der Waals surface area contributed by atoms with Crippen molar-refractivity contribution in [1.29, 1.82) is 0 Å². The molecule has 2 aliphatic heterocycles. The molecule has 0 spiro atoms. The zero-order valence-corrected chi connectivity index (χ0v) is 23.2. The summed E-state index contributed by atoms with van der Waals surface area (Å²) in [6.07, 6.45) is 1.30. The first kappa shape index (κ1) is 28.2. The summed E-state index contributed by atoms with van der Waals surface area (Å²) in [5.41, 5.74) is -0.707. The van der Waals surface area contributed by atoms with Crippen molar-refractivity contribution in [3.8, 4) is 0 Å². The maximum Gasteiger partial charge on any atom is 0.338 e. The molecule has 3 heterocycles. The summed E-state index contributed by atoms with van der Waals surface area (Å²) in [7, 11) is 1.20. The predicted octanol–water partition coefficient (Wildman–Crippen LogP) is 4.77. The minimum Gasteiger partial charge on any atom is -0.481 e. The van der Waals surface area contributed by atoms with Gasteiger partial charge >= 0.3 is 11.9 Å². The Morgan fingerprint density at radius 2 is 2.08 bits per heavy atom. The van der Waals surface area contributed by atoms with Crippen LogP contribution in [0.5, 0.6) is 0 Å². The molecular weight excluding hydrogens is 589 g/mol. The third-order valence-corrected chi connectivity index (χ3v) is 8.50. The molecule has 2 aromatic rings. The van der Waals surface area contributed by atoms with Gasteiger partial charge in [-0.05, 0) is 24.1 Å². The number of nitrogens with one attached hydrogen (secondary N) is 1. The number of likely N-dealkylation sites (tertiary alicyclic amines) is 1. The average Bonchev–Trinajstić information content (AvgIpc) is 3.42. The Balaban J connectivity index is 1.83. The summed E-state index contributed by atoms with van der Waals surface area (Å²) in [5.74, 6) is -5.10. The Labute approximate surface area is 229 Å². The summed E-state index contributed by atoms with van der Waals surface area (Å²) in [6, 6.07) is 2.22. The van der Waals surface area contributed by atoms with Crippen molar-refractivity contribution >= 4 is 45.0 Å². The number of ether oxygens (including phenoxy) is 1. The standard InChI is InChI=1S/C25H26BrF3N4O4S/c1-24(2)17(6-7-18(34)35)33(12-25(24,28)29)11-16-19(23(36)37-3)20(14-5-4-13(27)10-15(14)26)32-21(31-16)22-30-8-9-38-22/h4-5,8-10,17,20H,6-7,11-12H2,1-3H3,(H,31,32)(H,34,35)/t17-,20-/m0/s1. The highest BCUT2D eigenvalue weighted by molar-refractivity contribution is 9.10. The van der Waals surface area contributed by atoms with E-state index in [-0.39, 0.29) is 30.7 Å². The third-order valence-electron chi connectivity index (χ3n) is 7.03. The fraction of sp³-hybridized carbons (Fsp3) is 0.440. The van der Waals surface area contributed by atoms with Crippen molar-refractivity contribution in [3.05, 3.63) is 61.9 Å². The first-order valence-electron chi connectivity index (χ1n) is 11.7. The second kappa shape index (κ2) is 10.8. The summed E-state index contributed by atoms with van der Waals surface area (Å²) >= 11 is 4.64. The second-order valence-electron chi connectivity index (χ2n) is 9.67. The zero-order valence-electron chi connectivity index (χ0n) is 20.8. The molecule has 0 amide bonds. The number of carboxylic acid groups (broad SMARTS) is 1. The monoisotopic (exact) mass is 614 g/mol. The minimum absolute atomic E-state index is 0.000867. The molecular formula is C25H26BrF3N4O4S. The lowest BCUT2D eigenvalue weighted by atomic mass is 9.79. The fourth-order valence-electron chi connectivity index (χ4n) is 4.91. The topological polar surface area (TPSA) is 104 Å². The quantitative estimate of drug-likeness (QED) is 0.413. The highest BCUT2D eigenvalue weighted by Crippen LogP contribution is 2.49. The number of carboxylic acids is 1. The van der Waals surface area contributed by atoms with Crippen LogP contribution in [-0.4, -0.2) is 64.9 Å². The van der Waals surface area contributed by atoms with Crippen LogP contribution in [0.15, 0.2) is 50.5 Å². The van der Waals surface area contributed by atoms with E-state index in [1.807, 2.05) is 0 Å². The maximum atomic E-state index is 15.2. The number of thiazole rings is 1. The van der Waals surface area contributed by atoms with Gasteiger partial charge in [-0.3, -0.25) is 14.7 Å². The molecule has 13 heteroatoms. The van der Waals surface area contributed by atoms with Crippen molar-refractivity contribution in [2.75, 3.05) is 20.2 Å². The number of aliphatic imine (C=N–C) groups is 1. The third kappa shape index (κ3) is 5.36. The van der Waals surface area contributed by atoms with Crippen LogP contribution in [0.3, 0.4) is 0 Å². The number of nitrogens with zero attached hydrogens (tertiary/aromatic N) is 3. The Kier molecular flexibility index (Phi) is 8.01. The number of aromatic nitrogens is 1. The van der Waals surface area contributed by atoms with Crippen molar-refractivity contribution in [1.82, 2.24) is 15.2 Å². The van der Waals surface area contributed by atoms with Crippen molar-refractivity contribution in [3.63, 3.8) is 0 Å². The van der Waals surface area contributed by atoms with Crippen LogP contribution >= 0.6 is 27.3 Å². The first-order chi connectivity index (χ1) is 17.9. The van der Waals surface area contributed by atoms with Crippen molar-refractivity contribution < 1.29 is 32.6 Å². The number of benzene rings is 1. The lowest BCUT2D eigenvalue weighted by molar-refractivity contribution is -0.138. The molecule has 2 aliphatic rings. The van der Waals surface area contributed by atoms with Gasteiger partial charge in [-0.15, -0.1) is 11.3 Å². The van der Waals surface area contributed by atoms with Gasteiger partial charge in [0.25, 0.3) is 5.92 Å². The van der Waals surface area contributed by atoms with E-state index in [9.17, 15) is 19.1 Å². The average molecular weight is 615 g/mol. The van der Waals surface area contributed by atoms with E-state index in [1.54, 1.807) is 11.6 Å². The molecule has 1 aromatic heterocycles. The van der Waals surface area contributed by atoms with Gasteiger partial charge in [0.05, 0.1) is 19.2 Å². The van der Waals surface area contributed by atoms with Gasteiger partial charge in [-0.2, -0.15) is 0 Å².